The maximum absolute atomic E-state index is 12.9. The molecular weight excluding hydrogens is 366 g/mol. The minimum atomic E-state index is -3.70. The Morgan fingerprint density at radius 1 is 1.18 bits per heavy atom. The summed E-state index contributed by atoms with van der Waals surface area (Å²) in [7, 11) is -2.19. The SMILES string of the molecule is C=CCN(c1ccccc1OC)S(=O)(=O)c1ccc(Br)cc1. The molecular formula is C16H16BrNO3S. The molecule has 0 heterocycles. The molecule has 0 aliphatic heterocycles. The third-order valence-corrected chi connectivity index (χ3v) is 5.37. The summed E-state index contributed by atoms with van der Waals surface area (Å²) in [5.41, 5.74) is 0.479. The number of benzene rings is 2. The van der Waals surface area contributed by atoms with Crippen molar-refractivity contribution in [2.45, 2.75) is 4.90 Å². The first-order chi connectivity index (χ1) is 10.5. The van der Waals surface area contributed by atoms with Gasteiger partial charge in [0.15, 0.2) is 0 Å². The lowest BCUT2D eigenvalue weighted by Gasteiger charge is -2.24. The van der Waals surface area contributed by atoms with E-state index in [-0.39, 0.29) is 11.4 Å². The van der Waals surface area contributed by atoms with E-state index in [1.165, 1.54) is 11.4 Å². The van der Waals surface area contributed by atoms with Crippen molar-refractivity contribution in [3.63, 3.8) is 0 Å². The molecule has 22 heavy (non-hydrogen) atoms. The summed E-state index contributed by atoms with van der Waals surface area (Å²) in [6, 6.07) is 13.5. The number of nitrogens with zero attached hydrogens (tertiary/aromatic N) is 1. The van der Waals surface area contributed by atoms with Gasteiger partial charge >= 0.3 is 0 Å². The van der Waals surface area contributed by atoms with Crippen LogP contribution in [0.2, 0.25) is 0 Å². The summed E-state index contributed by atoms with van der Waals surface area (Å²) in [6.07, 6.45) is 1.54. The van der Waals surface area contributed by atoms with Gasteiger partial charge in [0.2, 0.25) is 0 Å². The van der Waals surface area contributed by atoms with E-state index < -0.39 is 10.0 Å². The van der Waals surface area contributed by atoms with E-state index in [0.29, 0.717) is 11.4 Å². The molecule has 2 rings (SSSR count). The van der Waals surface area contributed by atoms with Crippen LogP contribution in [0.1, 0.15) is 0 Å². The number of para-hydroxylation sites is 2. The van der Waals surface area contributed by atoms with Crippen LogP contribution in [0.5, 0.6) is 5.75 Å². The average molecular weight is 382 g/mol. The number of hydrogen-bond donors (Lipinski definition) is 0. The number of anilines is 1. The lowest BCUT2D eigenvalue weighted by Crippen LogP contribution is -2.31. The minimum absolute atomic E-state index is 0.152. The summed E-state index contributed by atoms with van der Waals surface area (Å²) in [5, 5.41) is 0. The van der Waals surface area contributed by atoms with Crippen LogP contribution in [0.25, 0.3) is 0 Å². The lowest BCUT2D eigenvalue weighted by atomic mass is 10.3. The standard InChI is InChI=1S/C16H16BrNO3S/c1-3-12-18(15-6-4-5-7-16(15)21-2)22(19,20)14-10-8-13(17)9-11-14/h3-11H,1,12H2,2H3. The summed E-state index contributed by atoms with van der Waals surface area (Å²) in [6.45, 7) is 3.80. The van der Waals surface area contributed by atoms with E-state index >= 15 is 0 Å². The molecule has 0 radical (unpaired) electrons. The molecule has 0 unspecified atom stereocenters. The minimum Gasteiger partial charge on any atom is -0.495 e. The van der Waals surface area contributed by atoms with E-state index in [2.05, 4.69) is 22.5 Å². The monoisotopic (exact) mass is 381 g/mol. The third-order valence-electron chi connectivity index (χ3n) is 3.05. The predicted molar refractivity (Wildman–Crippen MR) is 91.9 cm³/mol. The Kier molecular flexibility index (Phi) is 5.26. The van der Waals surface area contributed by atoms with Gasteiger partial charge in [0.05, 0.1) is 24.2 Å². The molecule has 0 atom stereocenters. The number of ether oxygens (including phenoxy) is 1. The summed E-state index contributed by atoms with van der Waals surface area (Å²) in [5.74, 6) is 0.491. The highest BCUT2D eigenvalue weighted by atomic mass is 79.9. The van der Waals surface area contributed by atoms with Crippen LogP contribution in [0, 0.1) is 0 Å². The van der Waals surface area contributed by atoms with Crippen LogP contribution in [0.15, 0.2) is 70.6 Å². The quantitative estimate of drug-likeness (QED) is 0.714. The van der Waals surface area contributed by atoms with Gasteiger partial charge in [0.1, 0.15) is 5.75 Å². The van der Waals surface area contributed by atoms with Crippen molar-refractivity contribution in [1.29, 1.82) is 0 Å². The van der Waals surface area contributed by atoms with E-state index in [1.54, 1.807) is 54.6 Å². The Bertz CT molecular complexity index is 757. The summed E-state index contributed by atoms with van der Waals surface area (Å²) in [4.78, 5) is 0.212. The van der Waals surface area contributed by atoms with Crippen molar-refractivity contribution in [2.24, 2.45) is 0 Å². The Morgan fingerprint density at radius 3 is 2.41 bits per heavy atom. The van der Waals surface area contributed by atoms with Crippen molar-refractivity contribution in [2.75, 3.05) is 18.0 Å². The third kappa shape index (κ3) is 3.34. The summed E-state index contributed by atoms with van der Waals surface area (Å²) >= 11 is 3.30. The normalized spacial score (nSPS) is 11.0. The fourth-order valence-corrected chi connectivity index (χ4v) is 3.72. The van der Waals surface area contributed by atoms with E-state index in [4.69, 9.17) is 4.74 Å². The molecule has 6 heteroatoms. The number of halogens is 1. The Hall–Kier alpha value is -1.79. The Labute approximate surface area is 139 Å². The van der Waals surface area contributed by atoms with E-state index in [9.17, 15) is 8.42 Å². The fraction of sp³-hybridized carbons (Fsp3) is 0.125. The number of rotatable bonds is 6. The van der Waals surface area contributed by atoms with Gasteiger partial charge in [-0.1, -0.05) is 34.1 Å². The molecule has 4 nitrogen and oxygen atoms in total. The molecule has 0 saturated heterocycles. The Morgan fingerprint density at radius 2 is 1.82 bits per heavy atom. The number of methoxy groups -OCH3 is 1. The lowest BCUT2D eigenvalue weighted by molar-refractivity contribution is 0.415. The largest absolute Gasteiger partial charge is 0.495 e. The zero-order valence-corrected chi connectivity index (χ0v) is 14.5. The Balaban J connectivity index is 2.55. The molecule has 0 aliphatic carbocycles. The smallest absolute Gasteiger partial charge is 0.264 e. The van der Waals surface area contributed by atoms with Crippen LogP contribution in [-0.4, -0.2) is 22.1 Å². The van der Waals surface area contributed by atoms with Crippen LogP contribution in [0.3, 0.4) is 0 Å². The fourth-order valence-electron chi connectivity index (χ4n) is 2.01. The van der Waals surface area contributed by atoms with E-state index in [0.717, 1.165) is 4.47 Å². The molecule has 2 aromatic rings. The van der Waals surface area contributed by atoms with Gasteiger partial charge in [0, 0.05) is 4.47 Å². The predicted octanol–water partition coefficient (Wildman–Crippen LogP) is 3.84. The average Bonchev–Trinajstić information content (AvgIpc) is 2.53. The molecule has 2 aromatic carbocycles. The molecule has 0 saturated carbocycles. The van der Waals surface area contributed by atoms with Gasteiger partial charge in [-0.3, -0.25) is 4.31 Å². The number of sulfonamides is 1. The first-order valence-electron chi connectivity index (χ1n) is 6.53. The molecule has 0 aliphatic rings. The first-order valence-corrected chi connectivity index (χ1v) is 8.76. The molecule has 0 bridgehead atoms. The van der Waals surface area contributed by atoms with Crippen LogP contribution in [0.4, 0.5) is 5.69 Å². The van der Waals surface area contributed by atoms with Crippen molar-refractivity contribution in [1.82, 2.24) is 0 Å². The van der Waals surface area contributed by atoms with Crippen molar-refractivity contribution in [3.8, 4) is 5.75 Å². The second kappa shape index (κ2) is 6.98. The second-order valence-electron chi connectivity index (χ2n) is 4.45. The van der Waals surface area contributed by atoms with Crippen LogP contribution < -0.4 is 9.04 Å². The van der Waals surface area contributed by atoms with Gasteiger partial charge in [-0.05, 0) is 36.4 Å². The number of hydrogen-bond acceptors (Lipinski definition) is 3. The van der Waals surface area contributed by atoms with Crippen LogP contribution in [-0.2, 0) is 10.0 Å². The molecule has 116 valence electrons. The molecule has 0 fully saturated rings. The van der Waals surface area contributed by atoms with Gasteiger partial charge in [-0.25, -0.2) is 8.42 Å². The van der Waals surface area contributed by atoms with Crippen molar-refractivity contribution < 1.29 is 13.2 Å². The van der Waals surface area contributed by atoms with E-state index in [1.807, 2.05) is 0 Å². The maximum atomic E-state index is 12.9. The highest BCUT2D eigenvalue weighted by molar-refractivity contribution is 9.10. The topological polar surface area (TPSA) is 46.6 Å². The van der Waals surface area contributed by atoms with Gasteiger partial charge in [-0.15, -0.1) is 6.58 Å². The van der Waals surface area contributed by atoms with Crippen molar-refractivity contribution >= 4 is 31.6 Å². The van der Waals surface area contributed by atoms with Crippen LogP contribution >= 0.6 is 15.9 Å². The molecule has 0 amide bonds. The van der Waals surface area contributed by atoms with Gasteiger partial charge in [0.25, 0.3) is 10.0 Å². The molecule has 0 N–H and O–H groups in total. The zero-order valence-electron chi connectivity index (χ0n) is 12.1. The first kappa shape index (κ1) is 16.6. The highest BCUT2D eigenvalue weighted by Crippen LogP contribution is 2.32. The molecule has 0 spiro atoms. The van der Waals surface area contributed by atoms with Crippen molar-refractivity contribution in [3.05, 3.63) is 65.7 Å². The second-order valence-corrected chi connectivity index (χ2v) is 7.23. The zero-order chi connectivity index (χ0) is 16.2. The highest BCUT2D eigenvalue weighted by Gasteiger charge is 2.26. The summed E-state index contributed by atoms with van der Waals surface area (Å²) < 4.78 is 33.2. The maximum Gasteiger partial charge on any atom is 0.264 e. The van der Waals surface area contributed by atoms with Gasteiger partial charge in [-0.2, -0.15) is 0 Å². The van der Waals surface area contributed by atoms with Gasteiger partial charge < -0.3 is 4.74 Å². The molecule has 0 aromatic heterocycles.